The molecule has 0 aliphatic heterocycles. The van der Waals surface area contributed by atoms with Crippen LogP contribution in [0.1, 0.15) is 11.3 Å². The lowest BCUT2D eigenvalue weighted by Gasteiger charge is -2.05. The summed E-state index contributed by atoms with van der Waals surface area (Å²) in [4.78, 5) is 8.23. The van der Waals surface area contributed by atoms with Gasteiger partial charge in [-0.25, -0.2) is 9.50 Å². The molecule has 3 aromatic rings. The molecule has 3 rings (SSSR count). The first-order chi connectivity index (χ1) is 9.26. The predicted octanol–water partition coefficient (Wildman–Crippen LogP) is 1.31. The number of pyridine rings is 2. The number of nitrogens with two attached hydrogens (primary N) is 1. The summed E-state index contributed by atoms with van der Waals surface area (Å²) in [6.07, 6.45) is 2.43. The van der Waals surface area contributed by atoms with Crippen molar-refractivity contribution in [3.8, 4) is 5.88 Å². The van der Waals surface area contributed by atoms with Gasteiger partial charge in [-0.3, -0.25) is 0 Å². The first-order valence-corrected chi connectivity index (χ1v) is 5.85. The fraction of sp³-hybridized carbons (Fsp3) is 0.154. The quantitative estimate of drug-likeness (QED) is 0.763. The van der Waals surface area contributed by atoms with E-state index < -0.39 is 0 Å². The van der Waals surface area contributed by atoms with Gasteiger partial charge in [0.25, 0.3) is 0 Å². The largest absolute Gasteiger partial charge is 0.481 e. The lowest BCUT2D eigenvalue weighted by molar-refractivity contribution is 0.397. The molecule has 0 radical (unpaired) electrons. The molecule has 0 saturated heterocycles. The molecule has 0 aromatic carbocycles. The molecule has 0 fully saturated rings. The van der Waals surface area contributed by atoms with Gasteiger partial charge >= 0.3 is 0 Å². The van der Waals surface area contributed by atoms with Gasteiger partial charge in [0.1, 0.15) is 0 Å². The number of aromatic nitrogens is 4. The van der Waals surface area contributed by atoms with Crippen molar-refractivity contribution in [2.45, 2.75) is 6.42 Å². The van der Waals surface area contributed by atoms with Crippen LogP contribution in [0.25, 0.3) is 5.65 Å². The Balaban J connectivity index is 2.00. The molecule has 0 atom stereocenters. The van der Waals surface area contributed by atoms with E-state index in [4.69, 9.17) is 10.5 Å². The van der Waals surface area contributed by atoms with Gasteiger partial charge in [-0.1, -0.05) is 6.07 Å². The van der Waals surface area contributed by atoms with Gasteiger partial charge in [0.05, 0.1) is 7.11 Å². The molecule has 6 nitrogen and oxygen atoms in total. The number of fused-ring (bicyclic) bond motifs is 1. The average Bonchev–Trinajstić information content (AvgIpc) is 2.80. The van der Waals surface area contributed by atoms with Crippen molar-refractivity contribution in [3.63, 3.8) is 0 Å². The standard InChI is InChI=1S/C13H13N5O/c1-19-12-8-9(5-6-15-12)7-10-3-2-4-11-16-13(14)17-18(10)11/h2-6,8H,7H2,1H3,(H2,14,17). The molecule has 0 spiro atoms. The summed E-state index contributed by atoms with van der Waals surface area (Å²) in [7, 11) is 1.60. The molecule has 0 saturated carbocycles. The summed E-state index contributed by atoms with van der Waals surface area (Å²) in [5.74, 6) is 0.877. The van der Waals surface area contributed by atoms with Crippen LogP contribution in [0.3, 0.4) is 0 Å². The maximum absolute atomic E-state index is 5.63. The molecule has 3 heterocycles. The van der Waals surface area contributed by atoms with Crippen molar-refractivity contribution in [2.75, 3.05) is 12.8 Å². The van der Waals surface area contributed by atoms with Crippen LogP contribution in [-0.4, -0.2) is 26.7 Å². The van der Waals surface area contributed by atoms with E-state index in [1.165, 1.54) is 0 Å². The minimum atomic E-state index is 0.278. The van der Waals surface area contributed by atoms with Gasteiger partial charge in [-0.05, 0) is 23.8 Å². The molecule has 6 heteroatoms. The number of rotatable bonds is 3. The van der Waals surface area contributed by atoms with E-state index in [-0.39, 0.29) is 5.95 Å². The molecule has 0 aliphatic rings. The van der Waals surface area contributed by atoms with Gasteiger partial charge in [0, 0.05) is 24.4 Å². The molecule has 0 unspecified atom stereocenters. The normalized spacial score (nSPS) is 10.8. The third kappa shape index (κ3) is 2.20. The Morgan fingerprint density at radius 3 is 3.05 bits per heavy atom. The number of hydrogen-bond acceptors (Lipinski definition) is 5. The smallest absolute Gasteiger partial charge is 0.240 e. The SMILES string of the molecule is COc1cc(Cc2cccc3nc(N)nn23)ccn1. The number of nitrogens with zero attached hydrogens (tertiary/aromatic N) is 4. The highest BCUT2D eigenvalue weighted by Gasteiger charge is 2.06. The molecule has 0 amide bonds. The highest BCUT2D eigenvalue weighted by molar-refractivity contribution is 5.43. The maximum atomic E-state index is 5.63. The van der Waals surface area contributed by atoms with Gasteiger partial charge in [0.2, 0.25) is 11.8 Å². The molecule has 0 aliphatic carbocycles. The zero-order chi connectivity index (χ0) is 13.2. The third-order valence-corrected chi connectivity index (χ3v) is 2.85. The minimum absolute atomic E-state index is 0.278. The van der Waals surface area contributed by atoms with Crippen LogP contribution in [0.15, 0.2) is 36.5 Å². The number of hydrogen-bond donors (Lipinski definition) is 1. The number of nitrogen functional groups attached to an aromatic ring is 1. The van der Waals surface area contributed by atoms with Crippen LogP contribution in [0.5, 0.6) is 5.88 Å². The van der Waals surface area contributed by atoms with Gasteiger partial charge in [0.15, 0.2) is 5.65 Å². The first kappa shape index (κ1) is 11.5. The van der Waals surface area contributed by atoms with Crippen LogP contribution < -0.4 is 10.5 Å². The second kappa shape index (κ2) is 4.56. The summed E-state index contributed by atoms with van der Waals surface area (Å²) < 4.78 is 6.87. The third-order valence-electron chi connectivity index (χ3n) is 2.85. The summed E-state index contributed by atoms with van der Waals surface area (Å²) in [5.41, 5.74) is 8.47. The van der Waals surface area contributed by atoms with E-state index in [2.05, 4.69) is 15.1 Å². The van der Waals surface area contributed by atoms with E-state index in [1.807, 2.05) is 30.3 Å². The monoisotopic (exact) mass is 255 g/mol. The van der Waals surface area contributed by atoms with Gasteiger partial charge < -0.3 is 10.5 Å². The van der Waals surface area contributed by atoms with Crippen LogP contribution >= 0.6 is 0 Å². The van der Waals surface area contributed by atoms with Crippen molar-refractivity contribution >= 4 is 11.6 Å². The Bertz CT molecular complexity index is 722. The second-order valence-electron chi connectivity index (χ2n) is 4.14. The Hall–Kier alpha value is -2.63. The summed E-state index contributed by atoms with van der Waals surface area (Å²) in [6.45, 7) is 0. The Morgan fingerprint density at radius 1 is 1.32 bits per heavy atom. The molecule has 96 valence electrons. The topological polar surface area (TPSA) is 78.3 Å². The molecule has 2 N–H and O–H groups in total. The second-order valence-corrected chi connectivity index (χ2v) is 4.14. The van der Waals surface area contributed by atoms with Crippen molar-refractivity contribution in [1.82, 2.24) is 19.6 Å². The van der Waals surface area contributed by atoms with Crippen molar-refractivity contribution in [2.24, 2.45) is 0 Å². The Morgan fingerprint density at radius 2 is 2.21 bits per heavy atom. The highest BCUT2D eigenvalue weighted by Crippen LogP contribution is 2.15. The zero-order valence-corrected chi connectivity index (χ0v) is 10.4. The lowest BCUT2D eigenvalue weighted by atomic mass is 10.1. The molecule has 19 heavy (non-hydrogen) atoms. The first-order valence-electron chi connectivity index (χ1n) is 5.85. The summed E-state index contributed by atoms with van der Waals surface area (Å²) in [6, 6.07) is 9.66. The van der Waals surface area contributed by atoms with E-state index in [1.54, 1.807) is 17.8 Å². The average molecular weight is 255 g/mol. The molecular weight excluding hydrogens is 242 g/mol. The van der Waals surface area contributed by atoms with Gasteiger partial charge in [-0.2, -0.15) is 4.98 Å². The Kier molecular flexibility index (Phi) is 2.75. The molecular formula is C13H13N5O. The van der Waals surface area contributed by atoms with E-state index in [0.29, 0.717) is 12.3 Å². The van der Waals surface area contributed by atoms with Crippen molar-refractivity contribution in [1.29, 1.82) is 0 Å². The van der Waals surface area contributed by atoms with Crippen LogP contribution in [0, 0.1) is 0 Å². The highest BCUT2D eigenvalue weighted by atomic mass is 16.5. The van der Waals surface area contributed by atoms with Gasteiger partial charge in [-0.15, -0.1) is 5.10 Å². The molecule has 0 bridgehead atoms. The molecule has 3 aromatic heterocycles. The van der Waals surface area contributed by atoms with Crippen LogP contribution in [-0.2, 0) is 6.42 Å². The summed E-state index contributed by atoms with van der Waals surface area (Å²) in [5, 5.41) is 4.19. The van der Waals surface area contributed by atoms with E-state index in [0.717, 1.165) is 16.9 Å². The van der Waals surface area contributed by atoms with Crippen molar-refractivity contribution in [3.05, 3.63) is 47.8 Å². The van der Waals surface area contributed by atoms with Crippen LogP contribution in [0.2, 0.25) is 0 Å². The fourth-order valence-electron chi connectivity index (χ4n) is 1.99. The number of methoxy groups -OCH3 is 1. The predicted molar refractivity (Wildman–Crippen MR) is 71.0 cm³/mol. The van der Waals surface area contributed by atoms with E-state index in [9.17, 15) is 0 Å². The zero-order valence-electron chi connectivity index (χ0n) is 10.4. The summed E-state index contributed by atoms with van der Waals surface area (Å²) >= 11 is 0. The maximum Gasteiger partial charge on any atom is 0.240 e. The fourth-order valence-corrected chi connectivity index (χ4v) is 1.99. The lowest BCUT2D eigenvalue weighted by Crippen LogP contribution is -2.00. The number of anilines is 1. The van der Waals surface area contributed by atoms with E-state index >= 15 is 0 Å². The Labute approximate surface area is 109 Å². The van der Waals surface area contributed by atoms with Crippen LogP contribution in [0.4, 0.5) is 5.95 Å². The van der Waals surface area contributed by atoms with Crippen molar-refractivity contribution < 1.29 is 4.74 Å². The minimum Gasteiger partial charge on any atom is -0.481 e. The number of ether oxygens (including phenoxy) is 1.